The van der Waals surface area contributed by atoms with Gasteiger partial charge in [0.1, 0.15) is 24.4 Å². The summed E-state index contributed by atoms with van der Waals surface area (Å²) in [6, 6.07) is 40.1. The summed E-state index contributed by atoms with van der Waals surface area (Å²) < 4.78 is 32.1. The van der Waals surface area contributed by atoms with Gasteiger partial charge in [-0.2, -0.15) is 0 Å². The third-order valence-electron chi connectivity index (χ3n) is 7.28. The van der Waals surface area contributed by atoms with Crippen LogP contribution < -0.4 is 0 Å². The normalized spacial score (nSPS) is 22.0. The van der Waals surface area contributed by atoms with E-state index >= 15 is 0 Å². The molecule has 218 valence electrons. The molecule has 1 heterocycles. The predicted octanol–water partition coefficient (Wildman–Crippen LogP) is 6.32. The second-order valence-electron chi connectivity index (χ2n) is 10.5. The molecule has 0 N–H and O–H groups in total. The molecule has 0 aliphatic carbocycles. The van der Waals surface area contributed by atoms with E-state index in [1.807, 2.05) is 121 Å². The average Bonchev–Trinajstić information content (AvgIpc) is 3.02. The molecule has 0 unspecified atom stereocenters. The SMILES string of the molecule is CC(=O)O[C@@H]1[C@@H](OCc2ccccc2)[C@H](OCc2ccccc2)[C@@H](COCc2ccccc2)O[C@H]1Cc1ccccc1. The van der Waals surface area contributed by atoms with E-state index in [1.54, 1.807) is 0 Å². The van der Waals surface area contributed by atoms with Gasteiger partial charge >= 0.3 is 5.97 Å². The minimum absolute atomic E-state index is 0.289. The fourth-order valence-electron chi connectivity index (χ4n) is 5.26. The first-order chi connectivity index (χ1) is 20.7. The van der Waals surface area contributed by atoms with E-state index in [0.717, 1.165) is 22.3 Å². The standard InChI is InChI=1S/C36H38O6/c1-27(37)41-35-32(22-28-14-6-2-7-15-28)42-33(26-38-23-29-16-8-3-9-17-29)34(39-24-30-18-10-4-11-19-30)36(35)40-25-31-20-12-5-13-21-31/h2-21,32-36H,22-26H2,1H3/t32-,33+,34+,35-,36-/m0/s1. The maximum Gasteiger partial charge on any atom is 0.303 e. The molecule has 4 aromatic rings. The Morgan fingerprint density at radius 2 is 1.02 bits per heavy atom. The first kappa shape index (κ1) is 29.7. The molecule has 1 saturated heterocycles. The van der Waals surface area contributed by atoms with Gasteiger partial charge in [0.05, 0.1) is 26.4 Å². The maximum atomic E-state index is 12.4. The summed E-state index contributed by atoms with van der Waals surface area (Å²) in [4.78, 5) is 12.4. The van der Waals surface area contributed by atoms with Gasteiger partial charge in [-0.05, 0) is 22.3 Å². The lowest BCUT2D eigenvalue weighted by Gasteiger charge is -2.46. The third-order valence-corrected chi connectivity index (χ3v) is 7.28. The van der Waals surface area contributed by atoms with Gasteiger partial charge in [-0.25, -0.2) is 0 Å². The van der Waals surface area contributed by atoms with Crippen LogP contribution in [0.4, 0.5) is 0 Å². The molecule has 0 amide bonds. The lowest BCUT2D eigenvalue weighted by molar-refractivity contribution is -0.265. The van der Waals surface area contributed by atoms with Crippen LogP contribution in [-0.2, 0) is 54.7 Å². The molecular weight excluding hydrogens is 528 g/mol. The molecule has 6 heteroatoms. The first-order valence-corrected chi connectivity index (χ1v) is 14.4. The van der Waals surface area contributed by atoms with Gasteiger partial charge < -0.3 is 23.7 Å². The molecule has 1 aliphatic heterocycles. The van der Waals surface area contributed by atoms with Crippen LogP contribution in [0.25, 0.3) is 0 Å². The largest absolute Gasteiger partial charge is 0.457 e. The highest BCUT2D eigenvalue weighted by Gasteiger charge is 2.49. The summed E-state index contributed by atoms with van der Waals surface area (Å²) in [6.45, 7) is 2.84. The van der Waals surface area contributed by atoms with Crippen LogP contribution in [0.3, 0.4) is 0 Å². The van der Waals surface area contributed by atoms with Crippen LogP contribution in [0.5, 0.6) is 0 Å². The summed E-state index contributed by atoms with van der Waals surface area (Å²) >= 11 is 0. The minimum Gasteiger partial charge on any atom is -0.457 e. The zero-order valence-electron chi connectivity index (χ0n) is 23.9. The summed E-state index contributed by atoms with van der Waals surface area (Å²) in [5.41, 5.74) is 4.20. The number of esters is 1. The molecular formula is C36H38O6. The van der Waals surface area contributed by atoms with Gasteiger partial charge in [0.2, 0.25) is 0 Å². The highest BCUT2D eigenvalue weighted by Crippen LogP contribution is 2.32. The molecule has 5 atom stereocenters. The first-order valence-electron chi connectivity index (χ1n) is 14.4. The third kappa shape index (κ3) is 8.60. The van der Waals surface area contributed by atoms with E-state index in [1.165, 1.54) is 6.92 Å². The lowest BCUT2D eigenvalue weighted by Crippen LogP contribution is -2.62. The molecule has 5 rings (SSSR count). The monoisotopic (exact) mass is 566 g/mol. The van der Waals surface area contributed by atoms with Crippen LogP contribution in [-0.4, -0.2) is 43.1 Å². The number of rotatable bonds is 13. The number of hydrogen-bond donors (Lipinski definition) is 0. The molecule has 1 fully saturated rings. The van der Waals surface area contributed by atoms with Crippen molar-refractivity contribution in [1.29, 1.82) is 0 Å². The van der Waals surface area contributed by atoms with Gasteiger partial charge in [0, 0.05) is 13.3 Å². The van der Waals surface area contributed by atoms with Gasteiger partial charge in [-0.1, -0.05) is 121 Å². The van der Waals surface area contributed by atoms with E-state index < -0.39 is 36.5 Å². The Kier molecular flexibility index (Phi) is 10.9. The van der Waals surface area contributed by atoms with Crippen LogP contribution in [0.2, 0.25) is 0 Å². The van der Waals surface area contributed by atoms with E-state index in [0.29, 0.717) is 26.2 Å². The van der Waals surface area contributed by atoms with Gasteiger partial charge in [-0.15, -0.1) is 0 Å². The molecule has 0 bridgehead atoms. The summed E-state index contributed by atoms with van der Waals surface area (Å²) in [5.74, 6) is -0.393. The smallest absolute Gasteiger partial charge is 0.303 e. The van der Waals surface area contributed by atoms with Crippen molar-refractivity contribution < 1.29 is 28.5 Å². The summed E-state index contributed by atoms with van der Waals surface area (Å²) in [7, 11) is 0. The fourth-order valence-corrected chi connectivity index (χ4v) is 5.26. The predicted molar refractivity (Wildman–Crippen MR) is 160 cm³/mol. The Morgan fingerprint density at radius 1 is 0.571 bits per heavy atom. The molecule has 42 heavy (non-hydrogen) atoms. The fraction of sp³-hybridized carbons (Fsp3) is 0.306. The lowest BCUT2D eigenvalue weighted by atomic mass is 9.90. The quantitative estimate of drug-likeness (QED) is 0.177. The van der Waals surface area contributed by atoms with Crippen molar-refractivity contribution in [3.8, 4) is 0 Å². The molecule has 4 aromatic carbocycles. The van der Waals surface area contributed by atoms with Gasteiger partial charge in [0.25, 0.3) is 0 Å². The van der Waals surface area contributed by atoms with Crippen molar-refractivity contribution in [2.45, 2.75) is 63.7 Å². The number of carbonyl (C=O) groups is 1. The molecule has 6 nitrogen and oxygen atoms in total. The van der Waals surface area contributed by atoms with E-state index in [4.69, 9.17) is 23.7 Å². The highest BCUT2D eigenvalue weighted by molar-refractivity contribution is 5.66. The second-order valence-corrected chi connectivity index (χ2v) is 10.5. The van der Waals surface area contributed by atoms with Crippen molar-refractivity contribution in [1.82, 2.24) is 0 Å². The second kappa shape index (κ2) is 15.4. The van der Waals surface area contributed by atoms with Crippen molar-refractivity contribution >= 4 is 5.97 Å². The zero-order chi connectivity index (χ0) is 29.0. The van der Waals surface area contributed by atoms with Crippen molar-refractivity contribution in [2.75, 3.05) is 6.61 Å². The molecule has 0 aromatic heterocycles. The average molecular weight is 567 g/mol. The number of benzene rings is 4. The summed E-state index contributed by atoms with van der Waals surface area (Å²) in [6.07, 6.45) is -2.20. The van der Waals surface area contributed by atoms with Crippen molar-refractivity contribution in [3.05, 3.63) is 144 Å². The molecule has 0 saturated carbocycles. The van der Waals surface area contributed by atoms with Crippen molar-refractivity contribution in [3.63, 3.8) is 0 Å². The van der Waals surface area contributed by atoms with Crippen molar-refractivity contribution in [2.24, 2.45) is 0 Å². The molecule has 0 radical (unpaired) electrons. The van der Waals surface area contributed by atoms with E-state index in [9.17, 15) is 4.79 Å². The van der Waals surface area contributed by atoms with Crippen LogP contribution in [0.15, 0.2) is 121 Å². The number of hydrogen-bond acceptors (Lipinski definition) is 6. The number of carbonyl (C=O) groups excluding carboxylic acids is 1. The topological polar surface area (TPSA) is 63.2 Å². The molecule has 1 aliphatic rings. The minimum atomic E-state index is -0.683. The van der Waals surface area contributed by atoms with Gasteiger partial charge in [-0.3, -0.25) is 4.79 Å². The maximum absolute atomic E-state index is 12.4. The Labute approximate surface area is 248 Å². The van der Waals surface area contributed by atoms with E-state index in [2.05, 4.69) is 0 Å². The number of ether oxygens (including phenoxy) is 5. The van der Waals surface area contributed by atoms with Crippen LogP contribution in [0, 0.1) is 0 Å². The van der Waals surface area contributed by atoms with E-state index in [-0.39, 0.29) is 6.61 Å². The van der Waals surface area contributed by atoms with Crippen LogP contribution in [0.1, 0.15) is 29.2 Å². The summed E-state index contributed by atoms with van der Waals surface area (Å²) in [5, 5.41) is 0. The zero-order valence-corrected chi connectivity index (χ0v) is 23.9. The Balaban J connectivity index is 1.44. The molecule has 0 spiro atoms. The van der Waals surface area contributed by atoms with Gasteiger partial charge in [0.15, 0.2) is 6.10 Å². The van der Waals surface area contributed by atoms with Crippen LogP contribution >= 0.6 is 0 Å². The Morgan fingerprint density at radius 3 is 1.52 bits per heavy atom. The Bertz CT molecular complexity index is 1330. The highest BCUT2D eigenvalue weighted by atomic mass is 16.6. The Hall–Kier alpha value is -3.81.